The first-order valence-electron chi connectivity index (χ1n) is 7.34. The van der Waals surface area contributed by atoms with Gasteiger partial charge in [-0.25, -0.2) is 0 Å². The fourth-order valence-electron chi connectivity index (χ4n) is 2.28. The summed E-state index contributed by atoms with van der Waals surface area (Å²) in [5, 5.41) is 0. The molecule has 19 heavy (non-hydrogen) atoms. The number of halogens is 1. The third kappa shape index (κ3) is 4.50. The molecular formula is C16H27BrN2. The third-order valence-electron chi connectivity index (χ3n) is 3.84. The number of hydrogen-bond acceptors (Lipinski definition) is 2. The minimum atomic E-state index is 0.249. The zero-order chi connectivity index (χ0) is 14.4. The molecule has 0 saturated carbocycles. The Morgan fingerprint density at radius 3 is 2.37 bits per heavy atom. The molecule has 0 aliphatic heterocycles. The van der Waals surface area contributed by atoms with Gasteiger partial charge < -0.3 is 10.6 Å². The van der Waals surface area contributed by atoms with Crippen LogP contribution in [0.15, 0.2) is 22.7 Å². The molecule has 2 unspecified atom stereocenters. The summed E-state index contributed by atoms with van der Waals surface area (Å²) in [5.74, 6) is 0. The van der Waals surface area contributed by atoms with E-state index in [1.807, 2.05) is 0 Å². The van der Waals surface area contributed by atoms with Crippen LogP contribution >= 0.6 is 15.9 Å². The van der Waals surface area contributed by atoms with Crippen LogP contribution < -0.4 is 10.6 Å². The van der Waals surface area contributed by atoms with Gasteiger partial charge in [-0.05, 0) is 50.8 Å². The monoisotopic (exact) mass is 326 g/mol. The molecule has 0 radical (unpaired) electrons. The van der Waals surface area contributed by atoms with E-state index in [1.54, 1.807) is 0 Å². The first kappa shape index (κ1) is 16.5. The van der Waals surface area contributed by atoms with Crippen molar-refractivity contribution >= 4 is 21.6 Å². The molecule has 0 aromatic heterocycles. The molecule has 3 heteroatoms. The van der Waals surface area contributed by atoms with Crippen molar-refractivity contribution in [3.8, 4) is 0 Å². The number of benzene rings is 1. The van der Waals surface area contributed by atoms with Gasteiger partial charge >= 0.3 is 0 Å². The largest absolute Gasteiger partial charge is 0.369 e. The van der Waals surface area contributed by atoms with Crippen LogP contribution in [-0.2, 0) is 6.42 Å². The molecule has 2 atom stereocenters. The minimum Gasteiger partial charge on any atom is -0.369 e. The molecule has 108 valence electrons. The molecule has 1 rings (SSSR count). The van der Waals surface area contributed by atoms with Gasteiger partial charge in [0, 0.05) is 28.8 Å². The second kappa shape index (κ2) is 7.91. The molecule has 0 aliphatic carbocycles. The Labute approximate surface area is 126 Å². The number of hydrogen-bond donors (Lipinski definition) is 1. The zero-order valence-corrected chi connectivity index (χ0v) is 14.2. The highest BCUT2D eigenvalue weighted by Crippen LogP contribution is 2.27. The Kier molecular flexibility index (Phi) is 6.87. The lowest BCUT2D eigenvalue weighted by atomic mass is 10.0. The summed E-state index contributed by atoms with van der Waals surface area (Å²) >= 11 is 3.69. The number of anilines is 1. The molecule has 0 spiro atoms. The van der Waals surface area contributed by atoms with Crippen molar-refractivity contribution in [3.05, 3.63) is 28.2 Å². The van der Waals surface area contributed by atoms with Crippen molar-refractivity contribution in [2.24, 2.45) is 5.73 Å². The van der Waals surface area contributed by atoms with Crippen molar-refractivity contribution in [3.63, 3.8) is 0 Å². The maximum atomic E-state index is 6.04. The number of rotatable bonds is 7. The zero-order valence-electron chi connectivity index (χ0n) is 12.6. The van der Waals surface area contributed by atoms with E-state index in [2.05, 4.69) is 66.7 Å². The fourth-order valence-corrected chi connectivity index (χ4v) is 2.80. The highest BCUT2D eigenvalue weighted by molar-refractivity contribution is 9.10. The van der Waals surface area contributed by atoms with Crippen molar-refractivity contribution in [2.45, 2.75) is 59.0 Å². The molecule has 0 saturated heterocycles. The second-order valence-electron chi connectivity index (χ2n) is 5.19. The van der Waals surface area contributed by atoms with Gasteiger partial charge in [0.25, 0.3) is 0 Å². The number of nitrogens with zero attached hydrogens (tertiary/aromatic N) is 1. The van der Waals surface area contributed by atoms with Crippen molar-refractivity contribution in [1.29, 1.82) is 0 Å². The smallest absolute Gasteiger partial charge is 0.0380 e. The average molecular weight is 327 g/mol. The first-order valence-corrected chi connectivity index (χ1v) is 8.13. The van der Waals surface area contributed by atoms with E-state index in [-0.39, 0.29) is 6.04 Å². The second-order valence-corrected chi connectivity index (χ2v) is 6.05. The summed E-state index contributed by atoms with van der Waals surface area (Å²) in [7, 11) is 0. The van der Waals surface area contributed by atoms with Crippen molar-refractivity contribution in [2.75, 3.05) is 11.4 Å². The van der Waals surface area contributed by atoms with Crippen LogP contribution in [0.25, 0.3) is 0 Å². The van der Waals surface area contributed by atoms with Crippen LogP contribution in [-0.4, -0.2) is 18.6 Å². The van der Waals surface area contributed by atoms with Crippen LogP contribution in [0.4, 0.5) is 5.69 Å². The van der Waals surface area contributed by atoms with Gasteiger partial charge in [-0.15, -0.1) is 0 Å². The maximum Gasteiger partial charge on any atom is 0.0380 e. The lowest BCUT2D eigenvalue weighted by Gasteiger charge is -2.30. The lowest BCUT2D eigenvalue weighted by Crippen LogP contribution is -2.32. The summed E-state index contributed by atoms with van der Waals surface area (Å²) in [4.78, 5) is 2.44. The van der Waals surface area contributed by atoms with Crippen LogP contribution in [0.5, 0.6) is 0 Å². The molecule has 0 aliphatic rings. The molecular weight excluding hydrogens is 300 g/mol. The van der Waals surface area contributed by atoms with E-state index in [1.165, 1.54) is 15.7 Å². The van der Waals surface area contributed by atoms with Crippen LogP contribution in [0, 0.1) is 0 Å². The van der Waals surface area contributed by atoms with Crippen LogP contribution in [0.2, 0.25) is 0 Å². The van der Waals surface area contributed by atoms with Crippen molar-refractivity contribution < 1.29 is 0 Å². The Bertz CT molecular complexity index is 392. The van der Waals surface area contributed by atoms with Gasteiger partial charge in [-0.1, -0.05) is 35.8 Å². The SMILES string of the molecule is CCC(N)Cc1ccc(N(CC)C(C)CC)cc1Br. The highest BCUT2D eigenvalue weighted by Gasteiger charge is 2.13. The van der Waals surface area contributed by atoms with Crippen molar-refractivity contribution in [1.82, 2.24) is 0 Å². The summed E-state index contributed by atoms with van der Waals surface area (Å²) in [6.07, 6.45) is 3.11. The van der Waals surface area contributed by atoms with Crippen LogP contribution in [0.1, 0.15) is 46.1 Å². The predicted octanol–water partition coefficient (Wildman–Crippen LogP) is 4.35. The van der Waals surface area contributed by atoms with E-state index < -0.39 is 0 Å². The predicted molar refractivity (Wildman–Crippen MR) is 88.9 cm³/mol. The fraction of sp³-hybridized carbons (Fsp3) is 0.625. The summed E-state index contributed by atoms with van der Waals surface area (Å²) < 4.78 is 1.18. The first-order chi connectivity index (χ1) is 9.03. The van der Waals surface area contributed by atoms with E-state index in [4.69, 9.17) is 5.73 Å². The average Bonchev–Trinajstić information content (AvgIpc) is 2.42. The van der Waals surface area contributed by atoms with Gasteiger partial charge in [-0.2, -0.15) is 0 Å². The summed E-state index contributed by atoms with van der Waals surface area (Å²) in [6, 6.07) is 7.48. The third-order valence-corrected chi connectivity index (χ3v) is 4.58. The van der Waals surface area contributed by atoms with E-state index >= 15 is 0 Å². The summed E-state index contributed by atoms with van der Waals surface area (Å²) in [6.45, 7) is 9.89. The molecule has 0 amide bonds. The summed E-state index contributed by atoms with van der Waals surface area (Å²) in [5.41, 5.74) is 8.63. The van der Waals surface area contributed by atoms with E-state index in [0.717, 1.165) is 25.8 Å². The van der Waals surface area contributed by atoms with Gasteiger partial charge in [-0.3, -0.25) is 0 Å². The molecule has 0 heterocycles. The highest BCUT2D eigenvalue weighted by atomic mass is 79.9. The van der Waals surface area contributed by atoms with Gasteiger partial charge in [0.1, 0.15) is 0 Å². The molecule has 2 nitrogen and oxygen atoms in total. The Morgan fingerprint density at radius 2 is 1.89 bits per heavy atom. The molecule has 2 N–H and O–H groups in total. The molecule has 0 fully saturated rings. The van der Waals surface area contributed by atoms with Gasteiger partial charge in [0.15, 0.2) is 0 Å². The maximum absolute atomic E-state index is 6.04. The molecule has 1 aromatic rings. The number of nitrogens with two attached hydrogens (primary N) is 1. The molecule has 0 bridgehead atoms. The quantitative estimate of drug-likeness (QED) is 0.806. The normalized spacial score (nSPS) is 14.2. The minimum absolute atomic E-state index is 0.249. The topological polar surface area (TPSA) is 29.3 Å². The Morgan fingerprint density at radius 1 is 1.21 bits per heavy atom. The van der Waals surface area contributed by atoms with Gasteiger partial charge in [0.05, 0.1) is 0 Å². The molecule has 1 aromatic carbocycles. The van der Waals surface area contributed by atoms with Crippen LogP contribution in [0.3, 0.4) is 0 Å². The Hall–Kier alpha value is -0.540. The standard InChI is InChI=1S/C16H27BrN2/c1-5-12(4)19(7-3)15-9-8-13(16(17)11-15)10-14(18)6-2/h8-9,11-12,14H,5-7,10,18H2,1-4H3. The van der Waals surface area contributed by atoms with E-state index in [0.29, 0.717) is 6.04 Å². The lowest BCUT2D eigenvalue weighted by molar-refractivity contribution is 0.628. The van der Waals surface area contributed by atoms with Gasteiger partial charge in [0.2, 0.25) is 0 Å². The van der Waals surface area contributed by atoms with E-state index in [9.17, 15) is 0 Å². The Balaban J connectivity index is 2.91.